The van der Waals surface area contributed by atoms with Gasteiger partial charge in [0, 0.05) is 11.1 Å². The van der Waals surface area contributed by atoms with Crippen molar-refractivity contribution in [2.45, 2.75) is 41.0 Å². The molecule has 0 saturated heterocycles. The molecule has 1 heteroatoms. The van der Waals surface area contributed by atoms with Crippen molar-refractivity contribution >= 4 is 5.57 Å². The maximum atomic E-state index is 5.92. The Morgan fingerprint density at radius 3 is 2.09 bits per heavy atom. The first-order valence-corrected chi connectivity index (χ1v) is 8.37. The van der Waals surface area contributed by atoms with E-state index < -0.39 is 0 Å². The summed E-state index contributed by atoms with van der Waals surface area (Å²) in [6, 6.07) is 14.3. The van der Waals surface area contributed by atoms with Crippen molar-refractivity contribution in [3.05, 3.63) is 66.5 Å². The monoisotopic (exact) mass is 296 g/mol. The van der Waals surface area contributed by atoms with E-state index in [9.17, 15) is 0 Å². The molecular formula is C21H28O. The van der Waals surface area contributed by atoms with Crippen molar-refractivity contribution in [1.82, 2.24) is 0 Å². The molecule has 0 N–H and O–H groups in total. The molecule has 0 bridgehead atoms. The van der Waals surface area contributed by atoms with Gasteiger partial charge in [0.05, 0.1) is 0 Å². The maximum Gasteiger partial charge on any atom is 0.134 e. The highest BCUT2D eigenvalue weighted by Gasteiger charge is 2.10. The van der Waals surface area contributed by atoms with Gasteiger partial charge >= 0.3 is 0 Å². The summed E-state index contributed by atoms with van der Waals surface area (Å²) >= 11 is 0. The summed E-state index contributed by atoms with van der Waals surface area (Å²) in [6.45, 7) is 10.2. The Balaban J connectivity index is 0.000000561. The maximum absolute atomic E-state index is 5.92. The lowest BCUT2D eigenvalue weighted by molar-refractivity contribution is 0.567. The molecule has 0 radical (unpaired) electrons. The Morgan fingerprint density at radius 2 is 1.50 bits per heavy atom. The molecule has 1 aromatic carbocycles. The van der Waals surface area contributed by atoms with Gasteiger partial charge < -0.3 is 4.42 Å². The van der Waals surface area contributed by atoms with Gasteiger partial charge in [-0.05, 0) is 24.5 Å². The Kier molecular flexibility index (Phi) is 8.06. The van der Waals surface area contributed by atoms with E-state index in [0.717, 1.165) is 23.5 Å². The zero-order valence-electron chi connectivity index (χ0n) is 14.5. The smallest absolute Gasteiger partial charge is 0.134 e. The van der Waals surface area contributed by atoms with E-state index in [1.165, 1.54) is 5.57 Å². The third-order valence-electron chi connectivity index (χ3n) is 3.26. The molecule has 118 valence electrons. The van der Waals surface area contributed by atoms with E-state index in [-0.39, 0.29) is 0 Å². The van der Waals surface area contributed by atoms with Crippen LogP contribution in [-0.4, -0.2) is 0 Å². The van der Waals surface area contributed by atoms with Crippen LogP contribution in [0, 0.1) is 5.92 Å². The zero-order valence-corrected chi connectivity index (χ0v) is 14.5. The molecule has 1 nitrogen and oxygen atoms in total. The van der Waals surface area contributed by atoms with E-state index in [2.05, 4.69) is 43.4 Å². The SMILES string of the molecule is CC.CC.CC1C=CC(c2ccc(-c3ccccc3)o2)=CC1. The second-order valence-electron chi connectivity index (χ2n) is 4.76. The second-order valence-corrected chi connectivity index (χ2v) is 4.76. The van der Waals surface area contributed by atoms with Crippen LogP contribution in [0.2, 0.25) is 0 Å². The highest BCUT2D eigenvalue weighted by Crippen LogP contribution is 2.29. The largest absolute Gasteiger partial charge is 0.456 e. The van der Waals surface area contributed by atoms with Gasteiger partial charge in [-0.25, -0.2) is 0 Å². The Bertz CT molecular complexity index is 587. The molecule has 0 saturated carbocycles. The molecule has 3 rings (SSSR count). The number of benzene rings is 1. The Hall–Kier alpha value is -2.02. The number of furan rings is 1. The van der Waals surface area contributed by atoms with Crippen molar-refractivity contribution in [1.29, 1.82) is 0 Å². The predicted octanol–water partition coefficient (Wildman–Crippen LogP) is 6.98. The van der Waals surface area contributed by atoms with Crippen LogP contribution in [0.1, 0.15) is 46.8 Å². The van der Waals surface area contributed by atoms with Crippen LogP contribution in [-0.2, 0) is 0 Å². The molecule has 1 aliphatic carbocycles. The third-order valence-corrected chi connectivity index (χ3v) is 3.26. The normalized spacial score (nSPS) is 15.9. The van der Waals surface area contributed by atoms with Gasteiger partial charge in [-0.15, -0.1) is 0 Å². The van der Waals surface area contributed by atoms with E-state index in [4.69, 9.17) is 4.42 Å². The summed E-state index contributed by atoms with van der Waals surface area (Å²) in [4.78, 5) is 0. The first-order valence-electron chi connectivity index (χ1n) is 8.37. The second kappa shape index (κ2) is 9.83. The third kappa shape index (κ3) is 4.77. The number of hydrogen-bond donors (Lipinski definition) is 0. The first-order chi connectivity index (χ1) is 10.8. The summed E-state index contributed by atoms with van der Waals surface area (Å²) in [7, 11) is 0. The average molecular weight is 296 g/mol. The van der Waals surface area contributed by atoms with Gasteiger partial charge in [0.25, 0.3) is 0 Å². The minimum absolute atomic E-state index is 0.636. The standard InChI is InChI=1S/C17H16O.2C2H6/c1-13-7-9-15(10-8-13)17-12-11-16(18-17)14-5-3-2-4-6-14;2*1-2/h2-7,9-13H,8H2,1H3;2*1-2H3. The van der Waals surface area contributed by atoms with E-state index in [1.54, 1.807) is 0 Å². The van der Waals surface area contributed by atoms with Crippen LogP contribution in [0.4, 0.5) is 0 Å². The molecule has 0 amide bonds. The number of hydrogen-bond acceptors (Lipinski definition) is 1. The van der Waals surface area contributed by atoms with Crippen molar-refractivity contribution in [3.63, 3.8) is 0 Å². The van der Waals surface area contributed by atoms with Crippen LogP contribution in [0.15, 0.2) is 65.1 Å². The van der Waals surface area contributed by atoms with Gasteiger partial charge in [-0.1, -0.05) is 83.2 Å². The van der Waals surface area contributed by atoms with Crippen LogP contribution in [0.5, 0.6) is 0 Å². The molecule has 0 aliphatic heterocycles. The lowest BCUT2D eigenvalue weighted by Crippen LogP contribution is -1.93. The van der Waals surface area contributed by atoms with Crippen molar-refractivity contribution in [3.8, 4) is 11.3 Å². The topological polar surface area (TPSA) is 13.1 Å². The quantitative estimate of drug-likeness (QED) is 0.582. The Morgan fingerprint density at radius 1 is 0.864 bits per heavy atom. The van der Waals surface area contributed by atoms with Crippen LogP contribution >= 0.6 is 0 Å². The highest BCUT2D eigenvalue weighted by molar-refractivity contribution is 5.73. The van der Waals surface area contributed by atoms with Crippen LogP contribution in [0.3, 0.4) is 0 Å². The predicted molar refractivity (Wildman–Crippen MR) is 97.7 cm³/mol. The molecule has 1 aromatic heterocycles. The Labute approximate surface area is 135 Å². The van der Waals surface area contributed by atoms with Crippen LogP contribution in [0.25, 0.3) is 16.9 Å². The highest BCUT2D eigenvalue weighted by atomic mass is 16.3. The van der Waals surface area contributed by atoms with Gasteiger partial charge in [-0.2, -0.15) is 0 Å². The number of rotatable bonds is 2. The van der Waals surface area contributed by atoms with E-state index in [1.807, 2.05) is 52.0 Å². The van der Waals surface area contributed by atoms with Gasteiger partial charge in [0.2, 0.25) is 0 Å². The molecule has 22 heavy (non-hydrogen) atoms. The van der Waals surface area contributed by atoms with Gasteiger partial charge in [-0.3, -0.25) is 0 Å². The minimum Gasteiger partial charge on any atom is -0.456 e. The summed E-state index contributed by atoms with van der Waals surface area (Å²) in [5, 5.41) is 0. The molecule has 1 heterocycles. The zero-order chi connectivity index (χ0) is 16.4. The van der Waals surface area contributed by atoms with Gasteiger partial charge in [0.15, 0.2) is 0 Å². The fraction of sp³-hybridized carbons (Fsp3) is 0.333. The lowest BCUT2D eigenvalue weighted by Gasteiger charge is -2.09. The van der Waals surface area contributed by atoms with Crippen molar-refractivity contribution in [2.24, 2.45) is 5.92 Å². The molecule has 1 unspecified atom stereocenters. The first kappa shape index (κ1) is 18.0. The molecule has 2 aromatic rings. The van der Waals surface area contributed by atoms with Crippen molar-refractivity contribution in [2.75, 3.05) is 0 Å². The molecular weight excluding hydrogens is 268 g/mol. The summed E-state index contributed by atoms with van der Waals surface area (Å²) in [6.07, 6.45) is 7.73. The van der Waals surface area contributed by atoms with Crippen molar-refractivity contribution < 1.29 is 4.42 Å². The summed E-state index contributed by atoms with van der Waals surface area (Å²) < 4.78 is 5.92. The minimum atomic E-state index is 0.636. The molecule has 0 spiro atoms. The fourth-order valence-corrected chi connectivity index (χ4v) is 2.16. The van der Waals surface area contributed by atoms with E-state index >= 15 is 0 Å². The van der Waals surface area contributed by atoms with Gasteiger partial charge in [0.1, 0.15) is 11.5 Å². The lowest BCUT2D eigenvalue weighted by atomic mass is 9.97. The average Bonchev–Trinajstić information content (AvgIpc) is 3.10. The summed E-state index contributed by atoms with van der Waals surface area (Å²) in [5.74, 6) is 2.52. The van der Waals surface area contributed by atoms with Crippen LogP contribution < -0.4 is 0 Å². The molecule has 1 atom stereocenters. The fourth-order valence-electron chi connectivity index (χ4n) is 2.16. The summed E-state index contributed by atoms with van der Waals surface area (Å²) in [5.41, 5.74) is 2.31. The van der Waals surface area contributed by atoms with E-state index in [0.29, 0.717) is 5.92 Å². The molecule has 1 aliphatic rings. The number of allylic oxidation sites excluding steroid dienone is 4. The molecule has 0 fully saturated rings.